The second-order valence-corrected chi connectivity index (χ2v) is 7.50. The Morgan fingerprint density at radius 2 is 1.95 bits per heavy atom. The van der Waals surface area contributed by atoms with Gasteiger partial charge < -0.3 is 5.73 Å². The Morgan fingerprint density at radius 3 is 2.67 bits per heavy atom. The largest absolute Gasteiger partial charge is 0.383 e. The molecule has 2 heterocycles. The van der Waals surface area contributed by atoms with Crippen LogP contribution in [-0.2, 0) is 5.75 Å². The molecule has 5 heteroatoms. The summed E-state index contributed by atoms with van der Waals surface area (Å²) in [5.74, 6) is 2.20. The molecule has 0 aliphatic carbocycles. The molecule has 0 fully saturated rings. The van der Waals surface area contributed by atoms with Crippen LogP contribution in [0.4, 0.5) is 5.82 Å². The number of nitrogens with two attached hydrogens (primary N) is 1. The van der Waals surface area contributed by atoms with Crippen molar-refractivity contribution >= 4 is 39.1 Å². The summed E-state index contributed by atoms with van der Waals surface area (Å²) in [7, 11) is 0. The summed E-state index contributed by atoms with van der Waals surface area (Å²) < 4.78 is 0. The molecule has 0 radical (unpaired) electrons. The maximum absolute atomic E-state index is 6.19. The van der Waals surface area contributed by atoms with Gasteiger partial charge in [0.15, 0.2) is 0 Å². The van der Waals surface area contributed by atoms with Gasteiger partial charge in [-0.1, -0.05) is 44.2 Å². The fourth-order valence-corrected chi connectivity index (χ4v) is 3.74. The lowest BCUT2D eigenvalue weighted by Crippen LogP contribution is -2.00. The van der Waals surface area contributed by atoms with Crippen LogP contribution in [0.3, 0.4) is 0 Å². The Morgan fingerprint density at radius 1 is 1.19 bits per heavy atom. The molecule has 2 aromatic heterocycles. The number of thiophene rings is 1. The molecule has 3 nitrogen and oxygen atoms in total. The Hall–Kier alpha value is -1.59. The Balaban J connectivity index is 2.03. The van der Waals surface area contributed by atoms with Crippen molar-refractivity contribution in [1.29, 1.82) is 0 Å². The van der Waals surface area contributed by atoms with Crippen LogP contribution in [0.15, 0.2) is 35.7 Å². The number of benzene rings is 1. The lowest BCUT2D eigenvalue weighted by molar-refractivity contribution is 1.06. The van der Waals surface area contributed by atoms with E-state index in [-0.39, 0.29) is 0 Å². The highest BCUT2D eigenvalue weighted by molar-refractivity contribution is 7.99. The van der Waals surface area contributed by atoms with E-state index < -0.39 is 0 Å². The molecule has 1 aromatic carbocycles. The van der Waals surface area contributed by atoms with Gasteiger partial charge in [-0.05, 0) is 10.8 Å². The number of hydrogen-bond acceptors (Lipinski definition) is 5. The first kappa shape index (κ1) is 14.4. The van der Waals surface area contributed by atoms with Gasteiger partial charge in [0.05, 0.1) is 11.1 Å². The third-order valence-corrected chi connectivity index (χ3v) is 5.10. The first-order chi connectivity index (χ1) is 10.1. The minimum Gasteiger partial charge on any atom is -0.383 e. The molecule has 0 bridgehead atoms. The number of thioether (sulfide) groups is 1. The van der Waals surface area contributed by atoms with Crippen LogP contribution in [0.2, 0.25) is 0 Å². The molecular weight excluding hydrogens is 298 g/mol. The van der Waals surface area contributed by atoms with Gasteiger partial charge in [0, 0.05) is 10.9 Å². The minimum absolute atomic E-state index is 0.564. The fourth-order valence-electron chi connectivity index (χ4n) is 2.15. The smallest absolute Gasteiger partial charge is 0.142 e. The summed E-state index contributed by atoms with van der Waals surface area (Å²) in [6.45, 7) is 4.34. The van der Waals surface area contributed by atoms with Crippen LogP contribution < -0.4 is 5.73 Å². The molecule has 3 aromatic rings. The third-order valence-electron chi connectivity index (χ3n) is 3.14. The molecular formula is C16H17N3S2. The van der Waals surface area contributed by atoms with E-state index in [1.807, 2.05) is 30.0 Å². The van der Waals surface area contributed by atoms with E-state index in [2.05, 4.69) is 41.3 Å². The lowest BCUT2D eigenvalue weighted by Gasteiger charge is -2.06. The van der Waals surface area contributed by atoms with Crippen LogP contribution in [0.1, 0.15) is 19.7 Å². The topological polar surface area (TPSA) is 51.8 Å². The van der Waals surface area contributed by atoms with Gasteiger partial charge in [-0.25, -0.2) is 9.97 Å². The summed E-state index contributed by atoms with van der Waals surface area (Å²) in [5.41, 5.74) is 8.47. The van der Waals surface area contributed by atoms with Gasteiger partial charge in [-0.15, -0.1) is 11.3 Å². The van der Waals surface area contributed by atoms with E-state index in [1.165, 1.54) is 0 Å². The van der Waals surface area contributed by atoms with Gasteiger partial charge >= 0.3 is 0 Å². The molecule has 0 aliphatic heterocycles. The lowest BCUT2D eigenvalue weighted by atomic mass is 10.1. The zero-order valence-corrected chi connectivity index (χ0v) is 13.7. The highest BCUT2D eigenvalue weighted by Crippen LogP contribution is 2.36. The first-order valence-corrected chi connectivity index (χ1v) is 8.78. The standard InChI is InChI=1S/C16H17N3S2/c1-10(2)20-9-13-18-15(17)14-12(8-21-16(14)19-13)11-6-4-3-5-7-11/h3-8,10H,9H2,1-2H3,(H2,17,18,19). The molecule has 0 aliphatic rings. The molecule has 2 N–H and O–H groups in total. The van der Waals surface area contributed by atoms with Crippen LogP contribution in [-0.4, -0.2) is 15.2 Å². The first-order valence-electron chi connectivity index (χ1n) is 6.85. The number of nitrogens with zero attached hydrogens (tertiary/aromatic N) is 2. The van der Waals surface area contributed by atoms with E-state index in [4.69, 9.17) is 5.73 Å². The van der Waals surface area contributed by atoms with E-state index in [9.17, 15) is 0 Å². The van der Waals surface area contributed by atoms with Crippen molar-refractivity contribution in [1.82, 2.24) is 9.97 Å². The predicted octanol–water partition coefficient (Wildman–Crippen LogP) is 4.58. The van der Waals surface area contributed by atoms with Gasteiger partial charge in [0.1, 0.15) is 16.5 Å². The average molecular weight is 315 g/mol. The molecule has 0 atom stereocenters. The van der Waals surface area contributed by atoms with Crippen LogP contribution in [0, 0.1) is 0 Å². The number of hydrogen-bond donors (Lipinski definition) is 1. The van der Waals surface area contributed by atoms with Crippen molar-refractivity contribution < 1.29 is 0 Å². The minimum atomic E-state index is 0.564. The monoisotopic (exact) mass is 315 g/mol. The van der Waals surface area contributed by atoms with Crippen molar-refractivity contribution in [2.75, 3.05) is 5.73 Å². The van der Waals surface area contributed by atoms with E-state index in [1.54, 1.807) is 11.3 Å². The molecule has 0 unspecified atom stereocenters. The van der Waals surface area contributed by atoms with Gasteiger partial charge in [-0.3, -0.25) is 0 Å². The molecule has 0 saturated heterocycles. The van der Waals surface area contributed by atoms with Crippen molar-refractivity contribution in [3.8, 4) is 11.1 Å². The summed E-state index contributed by atoms with van der Waals surface area (Å²) in [5, 5.41) is 3.66. The predicted molar refractivity (Wildman–Crippen MR) is 93.7 cm³/mol. The molecule has 108 valence electrons. The number of anilines is 1. The summed E-state index contributed by atoms with van der Waals surface area (Å²) in [4.78, 5) is 10.1. The van der Waals surface area contributed by atoms with E-state index in [0.717, 1.165) is 32.9 Å². The number of aromatic nitrogens is 2. The second kappa shape index (κ2) is 6.03. The van der Waals surface area contributed by atoms with Crippen LogP contribution in [0.5, 0.6) is 0 Å². The number of rotatable bonds is 4. The second-order valence-electron chi connectivity index (χ2n) is 5.08. The van der Waals surface area contributed by atoms with Crippen LogP contribution in [0.25, 0.3) is 21.3 Å². The van der Waals surface area contributed by atoms with Crippen molar-refractivity contribution in [3.63, 3.8) is 0 Å². The highest BCUT2D eigenvalue weighted by Gasteiger charge is 2.13. The van der Waals surface area contributed by atoms with Gasteiger partial charge in [-0.2, -0.15) is 11.8 Å². The zero-order valence-electron chi connectivity index (χ0n) is 12.0. The highest BCUT2D eigenvalue weighted by atomic mass is 32.2. The van der Waals surface area contributed by atoms with Crippen molar-refractivity contribution in [2.45, 2.75) is 24.9 Å². The zero-order chi connectivity index (χ0) is 14.8. The molecule has 3 rings (SSSR count). The van der Waals surface area contributed by atoms with Gasteiger partial charge in [0.25, 0.3) is 0 Å². The third kappa shape index (κ3) is 3.04. The SMILES string of the molecule is CC(C)SCc1nc(N)c2c(-c3ccccc3)csc2n1. The van der Waals surface area contributed by atoms with Crippen molar-refractivity contribution in [2.24, 2.45) is 0 Å². The average Bonchev–Trinajstić information content (AvgIpc) is 2.90. The molecule has 21 heavy (non-hydrogen) atoms. The summed E-state index contributed by atoms with van der Waals surface area (Å²) >= 11 is 3.46. The number of fused-ring (bicyclic) bond motifs is 1. The van der Waals surface area contributed by atoms with Gasteiger partial charge in [0.2, 0.25) is 0 Å². The molecule has 0 saturated carbocycles. The van der Waals surface area contributed by atoms with E-state index in [0.29, 0.717) is 11.1 Å². The Kier molecular flexibility index (Phi) is 4.12. The Labute approximate surface area is 132 Å². The fraction of sp³-hybridized carbons (Fsp3) is 0.250. The summed E-state index contributed by atoms with van der Waals surface area (Å²) in [6.07, 6.45) is 0. The molecule has 0 amide bonds. The maximum Gasteiger partial charge on any atom is 0.142 e. The van der Waals surface area contributed by atoms with E-state index >= 15 is 0 Å². The molecule has 0 spiro atoms. The maximum atomic E-state index is 6.19. The summed E-state index contributed by atoms with van der Waals surface area (Å²) in [6, 6.07) is 10.2. The van der Waals surface area contributed by atoms with Crippen molar-refractivity contribution in [3.05, 3.63) is 41.5 Å². The number of nitrogen functional groups attached to an aromatic ring is 1. The quantitative estimate of drug-likeness (QED) is 0.765. The van der Waals surface area contributed by atoms with Crippen LogP contribution >= 0.6 is 23.1 Å². The Bertz CT molecular complexity index is 751. The normalized spacial score (nSPS) is 11.4.